The van der Waals surface area contributed by atoms with Gasteiger partial charge in [-0.25, -0.2) is 12.7 Å². The van der Waals surface area contributed by atoms with Crippen molar-refractivity contribution in [2.75, 3.05) is 72.0 Å². The Balaban J connectivity index is 0.961. The van der Waals surface area contributed by atoms with E-state index in [9.17, 15) is 18.3 Å². The van der Waals surface area contributed by atoms with E-state index < -0.39 is 16.1 Å². The van der Waals surface area contributed by atoms with Gasteiger partial charge in [0.2, 0.25) is 15.9 Å². The van der Waals surface area contributed by atoms with E-state index >= 15 is 0 Å². The van der Waals surface area contributed by atoms with Crippen molar-refractivity contribution in [3.05, 3.63) is 0 Å². The van der Waals surface area contributed by atoms with Gasteiger partial charge < -0.3 is 30.1 Å². The largest absolute Gasteiger partial charge is 0.390 e. The molecule has 0 aromatic carbocycles. The second kappa shape index (κ2) is 14.7. The van der Waals surface area contributed by atoms with Gasteiger partial charge >= 0.3 is 0 Å². The summed E-state index contributed by atoms with van der Waals surface area (Å²) in [5.74, 6) is 1.27. The van der Waals surface area contributed by atoms with E-state index in [0.29, 0.717) is 57.3 Å². The van der Waals surface area contributed by atoms with Crippen LogP contribution in [0, 0.1) is 17.8 Å². The van der Waals surface area contributed by atoms with Crippen LogP contribution < -0.4 is 21.3 Å². The molecule has 0 spiro atoms. The van der Waals surface area contributed by atoms with E-state index in [4.69, 9.17) is 9.47 Å². The van der Waals surface area contributed by atoms with Crippen LogP contribution in [-0.4, -0.2) is 131 Å². The maximum Gasteiger partial charge on any atom is 0.223 e. The van der Waals surface area contributed by atoms with Gasteiger partial charge in [0.1, 0.15) is 0 Å². The van der Waals surface area contributed by atoms with Crippen molar-refractivity contribution >= 4 is 15.9 Å². The molecule has 5 fully saturated rings. The number of ether oxygens (including phenoxy) is 2. The van der Waals surface area contributed by atoms with Crippen LogP contribution in [0.25, 0.3) is 0 Å². The van der Waals surface area contributed by atoms with Gasteiger partial charge in [0.05, 0.1) is 44.1 Å². The molecule has 4 saturated heterocycles. The predicted molar refractivity (Wildman–Crippen MR) is 155 cm³/mol. The molecule has 1 amide bonds. The van der Waals surface area contributed by atoms with Crippen LogP contribution in [0.3, 0.4) is 0 Å². The molecule has 236 valence electrons. The number of sulfonamides is 1. The van der Waals surface area contributed by atoms with E-state index in [-0.39, 0.29) is 36.7 Å². The molecule has 0 bridgehead atoms. The summed E-state index contributed by atoms with van der Waals surface area (Å²) in [5.41, 5.74) is 0. The number of piperidine rings is 3. The van der Waals surface area contributed by atoms with E-state index in [1.807, 2.05) is 0 Å². The molecule has 4 aliphatic heterocycles. The first-order valence-corrected chi connectivity index (χ1v) is 17.6. The number of nitrogens with one attached hydrogen (secondary N) is 4. The van der Waals surface area contributed by atoms with Crippen molar-refractivity contribution in [1.29, 1.82) is 0 Å². The Bertz CT molecular complexity index is 944. The molecule has 0 aromatic rings. The Hall–Kier alpha value is -0.900. The first-order valence-electron chi connectivity index (χ1n) is 15.8. The van der Waals surface area contributed by atoms with Gasteiger partial charge in [0.25, 0.3) is 0 Å². The molecule has 41 heavy (non-hydrogen) atoms. The van der Waals surface area contributed by atoms with Crippen LogP contribution in [0.2, 0.25) is 0 Å². The Morgan fingerprint density at radius 3 is 2.68 bits per heavy atom. The van der Waals surface area contributed by atoms with E-state index in [1.54, 1.807) is 0 Å². The van der Waals surface area contributed by atoms with Crippen LogP contribution in [0.15, 0.2) is 0 Å². The third-order valence-corrected chi connectivity index (χ3v) is 11.1. The second-order valence-corrected chi connectivity index (χ2v) is 14.9. The maximum atomic E-state index is 13.0. The van der Waals surface area contributed by atoms with Crippen molar-refractivity contribution in [2.45, 2.75) is 81.9 Å². The third kappa shape index (κ3) is 9.29. The zero-order valence-corrected chi connectivity index (χ0v) is 25.5. The fourth-order valence-corrected chi connectivity index (χ4v) is 8.29. The molecule has 0 aromatic heterocycles. The highest BCUT2D eigenvalue weighted by molar-refractivity contribution is 7.88. The lowest BCUT2D eigenvalue weighted by atomic mass is 9.74. The van der Waals surface area contributed by atoms with Gasteiger partial charge in [0, 0.05) is 51.2 Å². The van der Waals surface area contributed by atoms with Crippen molar-refractivity contribution < 1.29 is 27.8 Å². The number of β-amino-alcohol motifs (C(OH)–C–C–N with tert-alkyl or cyclic N) is 1. The number of hydrogen-bond donors (Lipinski definition) is 5. The van der Waals surface area contributed by atoms with Crippen LogP contribution in [-0.2, 0) is 24.3 Å². The summed E-state index contributed by atoms with van der Waals surface area (Å²) in [5, 5.41) is 24.0. The Morgan fingerprint density at radius 2 is 1.93 bits per heavy atom. The molecular formula is C28H52N6O6S. The summed E-state index contributed by atoms with van der Waals surface area (Å²) in [6, 6.07) is 0.241. The van der Waals surface area contributed by atoms with Crippen molar-refractivity contribution in [3.63, 3.8) is 0 Å². The van der Waals surface area contributed by atoms with Crippen molar-refractivity contribution in [3.8, 4) is 0 Å². The molecule has 1 aliphatic carbocycles. The molecule has 5 N–H and O–H groups in total. The highest BCUT2D eigenvalue weighted by Crippen LogP contribution is 2.37. The highest BCUT2D eigenvalue weighted by atomic mass is 32.2. The van der Waals surface area contributed by atoms with Gasteiger partial charge in [-0.3, -0.25) is 15.4 Å². The summed E-state index contributed by atoms with van der Waals surface area (Å²) in [4.78, 5) is 15.3. The average molecular weight is 601 g/mol. The van der Waals surface area contributed by atoms with Crippen LogP contribution in [0.5, 0.6) is 0 Å². The van der Waals surface area contributed by atoms with E-state index in [2.05, 4.69) is 26.2 Å². The zero-order chi connectivity index (χ0) is 28.8. The molecule has 1 saturated carbocycles. The minimum absolute atomic E-state index is 0.0139. The molecule has 5 rings (SSSR count). The summed E-state index contributed by atoms with van der Waals surface area (Å²) in [6.07, 6.45) is 8.79. The van der Waals surface area contributed by atoms with Crippen LogP contribution in [0.4, 0.5) is 0 Å². The standard InChI is InChI=1S/C28H52N6O6S/c1-41(37,38)34-10-6-23(7-11-34)32-27-13-21(4-8-30-27)28(36)31-14-24(35)17-33-9-5-20-12-25(3-2-22(20)16-33)39-18-26-15-29-19-40-26/h20-27,29-30,32,35H,2-19H2,1H3,(H,31,36)/t20?,21?,22?,24-,25?,26?,27?/m0/s1. The van der Waals surface area contributed by atoms with Gasteiger partial charge in [-0.2, -0.15) is 0 Å². The lowest BCUT2D eigenvalue weighted by molar-refractivity contribution is -0.126. The predicted octanol–water partition coefficient (Wildman–Crippen LogP) is -0.744. The second-order valence-electron chi connectivity index (χ2n) is 13.0. The smallest absolute Gasteiger partial charge is 0.223 e. The summed E-state index contributed by atoms with van der Waals surface area (Å²) >= 11 is 0. The van der Waals surface area contributed by atoms with Gasteiger partial charge in [-0.15, -0.1) is 0 Å². The number of rotatable bonds is 11. The Kier molecular flexibility index (Phi) is 11.3. The van der Waals surface area contributed by atoms with Crippen LogP contribution in [0.1, 0.15) is 51.4 Å². The fraction of sp³-hybridized carbons (Fsp3) is 0.964. The van der Waals surface area contributed by atoms with Gasteiger partial charge in [-0.05, 0) is 76.3 Å². The number of carbonyl (C=O) groups excluding carboxylic acids is 1. The first kappa shape index (κ1) is 31.5. The summed E-state index contributed by atoms with van der Waals surface area (Å²) < 4.78 is 36.8. The SMILES string of the molecule is CS(=O)(=O)N1CCC(NC2CC(C(=O)NC[C@H](O)CN3CCC4CC(OCC5CNCO5)CCC4C3)CCN2)CC1. The fourth-order valence-electron chi connectivity index (χ4n) is 7.42. The minimum atomic E-state index is -3.13. The topological polar surface area (TPSA) is 144 Å². The molecule has 4 heterocycles. The third-order valence-electron chi connectivity index (χ3n) is 9.83. The quantitative estimate of drug-likeness (QED) is 0.206. The molecule has 7 atom stereocenters. The molecule has 0 radical (unpaired) electrons. The normalized spacial score (nSPS) is 35.2. The monoisotopic (exact) mass is 600 g/mol. The Morgan fingerprint density at radius 1 is 1.10 bits per heavy atom. The number of carbonyl (C=O) groups is 1. The molecular weight excluding hydrogens is 548 g/mol. The van der Waals surface area contributed by atoms with E-state index in [0.717, 1.165) is 64.7 Å². The van der Waals surface area contributed by atoms with Crippen molar-refractivity contribution in [2.24, 2.45) is 17.8 Å². The number of amides is 1. The maximum absolute atomic E-state index is 13.0. The van der Waals surface area contributed by atoms with Crippen LogP contribution >= 0.6 is 0 Å². The summed E-state index contributed by atoms with van der Waals surface area (Å²) in [7, 11) is -3.13. The number of fused-ring (bicyclic) bond motifs is 1. The minimum Gasteiger partial charge on any atom is -0.390 e. The number of aliphatic hydroxyl groups excluding tert-OH is 1. The lowest BCUT2D eigenvalue weighted by Crippen LogP contribution is -2.56. The molecule has 6 unspecified atom stereocenters. The number of nitrogens with zero attached hydrogens (tertiary/aromatic N) is 2. The first-order chi connectivity index (χ1) is 19.7. The highest BCUT2D eigenvalue weighted by Gasteiger charge is 2.36. The van der Waals surface area contributed by atoms with E-state index in [1.165, 1.54) is 17.0 Å². The molecule has 12 nitrogen and oxygen atoms in total. The van der Waals surface area contributed by atoms with Crippen molar-refractivity contribution in [1.82, 2.24) is 30.5 Å². The number of hydrogen-bond acceptors (Lipinski definition) is 10. The van der Waals surface area contributed by atoms with Gasteiger partial charge in [-0.1, -0.05) is 0 Å². The zero-order valence-electron chi connectivity index (χ0n) is 24.6. The van der Waals surface area contributed by atoms with Gasteiger partial charge in [0.15, 0.2) is 0 Å². The number of likely N-dealkylation sites (tertiary alicyclic amines) is 1. The lowest BCUT2D eigenvalue weighted by Gasteiger charge is -2.44. The molecule has 5 aliphatic rings. The Labute approximate surface area is 245 Å². The summed E-state index contributed by atoms with van der Waals surface area (Å²) in [6.45, 7) is 6.89. The average Bonchev–Trinajstić information content (AvgIpc) is 3.49. The number of aliphatic hydroxyl groups is 1. The molecule has 13 heteroatoms.